The summed E-state index contributed by atoms with van der Waals surface area (Å²) in [6.45, 7) is 4.67. The molecule has 6 rings (SSSR count). The molecular weight excluding hydrogens is 405 g/mol. The second-order valence-corrected chi connectivity index (χ2v) is 8.40. The van der Waals surface area contributed by atoms with Gasteiger partial charge in [-0.2, -0.15) is 5.10 Å². The number of nitrogens with zero attached hydrogens (tertiary/aromatic N) is 6. The zero-order valence-electron chi connectivity index (χ0n) is 17.9. The highest BCUT2D eigenvalue weighted by molar-refractivity contribution is 5.86. The molecule has 0 spiro atoms. The largest absolute Gasteiger partial charge is 0.352 e. The maximum absolute atomic E-state index is 13.6. The number of H-pyrrole nitrogens is 1. The van der Waals surface area contributed by atoms with Gasteiger partial charge in [0.1, 0.15) is 23.8 Å². The third kappa shape index (κ3) is 3.10. The fourth-order valence-electron chi connectivity index (χ4n) is 4.64. The summed E-state index contributed by atoms with van der Waals surface area (Å²) in [6, 6.07) is 13.2. The molecule has 1 N–H and O–H groups in total. The van der Waals surface area contributed by atoms with Gasteiger partial charge >= 0.3 is 0 Å². The molecule has 0 saturated carbocycles. The fraction of sp³-hybridized carbons (Fsp3) is 0.250. The Labute approximate surface area is 183 Å². The molecule has 5 aromatic rings. The Morgan fingerprint density at radius 3 is 2.78 bits per heavy atom. The van der Waals surface area contributed by atoms with Crippen LogP contribution in [0.25, 0.3) is 28.1 Å². The molecule has 0 fully saturated rings. The van der Waals surface area contributed by atoms with E-state index in [9.17, 15) is 4.39 Å². The summed E-state index contributed by atoms with van der Waals surface area (Å²) in [7, 11) is 0. The SMILES string of the molecule is Cc1ncn(-c2ccc3[nH]c(-c4nc5n(n4)CCCC5c4ccc(F)cc4C)cc3c2)n1. The van der Waals surface area contributed by atoms with Gasteiger partial charge in [-0.15, -0.1) is 5.10 Å². The van der Waals surface area contributed by atoms with Crippen molar-refractivity contribution in [3.63, 3.8) is 0 Å². The monoisotopic (exact) mass is 427 g/mol. The van der Waals surface area contributed by atoms with Gasteiger partial charge in [0.2, 0.25) is 0 Å². The van der Waals surface area contributed by atoms with Crippen LogP contribution >= 0.6 is 0 Å². The molecule has 8 heteroatoms. The van der Waals surface area contributed by atoms with E-state index in [2.05, 4.69) is 27.2 Å². The molecule has 0 aliphatic carbocycles. The van der Waals surface area contributed by atoms with Gasteiger partial charge in [-0.1, -0.05) is 6.07 Å². The Balaban J connectivity index is 1.39. The summed E-state index contributed by atoms with van der Waals surface area (Å²) in [5.74, 6) is 2.28. The lowest BCUT2D eigenvalue weighted by Crippen LogP contribution is -2.18. The number of aromatic nitrogens is 7. The number of aryl methyl sites for hydroxylation is 3. The minimum Gasteiger partial charge on any atom is -0.352 e. The van der Waals surface area contributed by atoms with Crippen LogP contribution in [0, 0.1) is 19.7 Å². The first-order valence-corrected chi connectivity index (χ1v) is 10.8. The lowest BCUT2D eigenvalue weighted by Gasteiger charge is -2.23. The third-order valence-corrected chi connectivity index (χ3v) is 6.20. The van der Waals surface area contributed by atoms with Crippen LogP contribution in [0.1, 0.15) is 41.5 Å². The van der Waals surface area contributed by atoms with Gasteiger partial charge in [-0.3, -0.25) is 0 Å². The average molecular weight is 427 g/mol. The lowest BCUT2D eigenvalue weighted by atomic mass is 9.88. The third-order valence-electron chi connectivity index (χ3n) is 6.20. The number of rotatable bonds is 3. The Kier molecular flexibility index (Phi) is 4.21. The molecule has 0 amide bonds. The zero-order chi connectivity index (χ0) is 21.8. The Bertz CT molecular complexity index is 1460. The normalized spacial score (nSPS) is 15.9. The van der Waals surface area contributed by atoms with Crippen molar-refractivity contribution in [1.82, 2.24) is 34.5 Å². The Morgan fingerprint density at radius 1 is 1.06 bits per heavy atom. The van der Waals surface area contributed by atoms with E-state index in [-0.39, 0.29) is 11.7 Å². The quantitative estimate of drug-likeness (QED) is 0.453. The molecular formula is C24H22FN7. The van der Waals surface area contributed by atoms with E-state index in [1.165, 1.54) is 6.07 Å². The van der Waals surface area contributed by atoms with E-state index in [0.29, 0.717) is 5.82 Å². The van der Waals surface area contributed by atoms with Gasteiger partial charge in [0, 0.05) is 23.4 Å². The fourth-order valence-corrected chi connectivity index (χ4v) is 4.64. The minimum absolute atomic E-state index is 0.122. The van der Waals surface area contributed by atoms with Crippen molar-refractivity contribution in [2.45, 2.75) is 39.2 Å². The molecule has 2 aromatic carbocycles. The van der Waals surface area contributed by atoms with Crippen LogP contribution in [0.4, 0.5) is 4.39 Å². The second-order valence-electron chi connectivity index (χ2n) is 8.40. The Morgan fingerprint density at radius 2 is 1.97 bits per heavy atom. The van der Waals surface area contributed by atoms with Crippen LogP contribution in [0.15, 0.2) is 48.8 Å². The number of benzene rings is 2. The summed E-state index contributed by atoms with van der Waals surface area (Å²) >= 11 is 0. The molecule has 4 heterocycles. The number of hydrogen-bond acceptors (Lipinski definition) is 4. The van der Waals surface area contributed by atoms with Crippen LogP contribution in [0.5, 0.6) is 0 Å². The first kappa shape index (κ1) is 18.9. The molecule has 1 atom stereocenters. The van der Waals surface area contributed by atoms with E-state index >= 15 is 0 Å². The summed E-state index contributed by atoms with van der Waals surface area (Å²) in [4.78, 5) is 12.6. The first-order valence-electron chi connectivity index (χ1n) is 10.8. The van der Waals surface area contributed by atoms with Crippen LogP contribution < -0.4 is 0 Å². The van der Waals surface area contributed by atoms with Crippen molar-refractivity contribution in [2.75, 3.05) is 0 Å². The van der Waals surface area contributed by atoms with Crippen molar-refractivity contribution in [1.29, 1.82) is 0 Å². The highest BCUT2D eigenvalue weighted by Gasteiger charge is 2.27. The van der Waals surface area contributed by atoms with Crippen molar-refractivity contribution in [2.24, 2.45) is 0 Å². The van der Waals surface area contributed by atoms with Gasteiger partial charge in [-0.05, 0) is 74.2 Å². The standard InChI is InChI=1S/C24H22FN7/c1-14-10-17(25)5-7-19(14)20-4-3-9-31-24(20)28-23(30-31)22-12-16-11-18(6-8-21(16)27-22)32-13-26-15(2)29-32/h5-8,10-13,20,27H,3-4,9H2,1-2H3. The van der Waals surface area contributed by atoms with Crippen molar-refractivity contribution in [3.8, 4) is 17.2 Å². The summed E-state index contributed by atoms with van der Waals surface area (Å²) in [5, 5.41) is 10.2. The zero-order valence-corrected chi connectivity index (χ0v) is 17.9. The lowest BCUT2D eigenvalue weighted by molar-refractivity contribution is 0.445. The van der Waals surface area contributed by atoms with Crippen molar-refractivity contribution in [3.05, 3.63) is 77.4 Å². The van der Waals surface area contributed by atoms with Crippen LogP contribution in [-0.4, -0.2) is 34.5 Å². The number of hydrogen-bond donors (Lipinski definition) is 1. The van der Waals surface area contributed by atoms with E-state index in [1.54, 1.807) is 17.1 Å². The van der Waals surface area contributed by atoms with Gasteiger partial charge in [0.05, 0.1) is 11.4 Å². The van der Waals surface area contributed by atoms with Crippen molar-refractivity contribution < 1.29 is 4.39 Å². The van der Waals surface area contributed by atoms with E-state index in [0.717, 1.165) is 64.4 Å². The highest BCUT2D eigenvalue weighted by atomic mass is 19.1. The predicted octanol–water partition coefficient (Wildman–Crippen LogP) is 4.69. The molecule has 1 unspecified atom stereocenters. The molecule has 7 nitrogen and oxygen atoms in total. The molecule has 32 heavy (non-hydrogen) atoms. The maximum Gasteiger partial charge on any atom is 0.197 e. The smallest absolute Gasteiger partial charge is 0.197 e. The predicted molar refractivity (Wildman–Crippen MR) is 119 cm³/mol. The van der Waals surface area contributed by atoms with Crippen LogP contribution in [-0.2, 0) is 6.54 Å². The molecule has 1 aliphatic heterocycles. The molecule has 0 radical (unpaired) electrons. The topological polar surface area (TPSA) is 77.2 Å². The minimum atomic E-state index is -0.206. The summed E-state index contributed by atoms with van der Waals surface area (Å²) < 4.78 is 17.4. The Hall–Kier alpha value is -3.81. The molecule has 0 saturated heterocycles. The number of halogens is 1. The number of fused-ring (bicyclic) bond motifs is 2. The summed E-state index contributed by atoms with van der Waals surface area (Å²) in [5.41, 5.74) is 4.92. The number of nitrogens with one attached hydrogen (secondary N) is 1. The van der Waals surface area contributed by atoms with Crippen LogP contribution in [0.2, 0.25) is 0 Å². The first-order chi connectivity index (χ1) is 15.5. The second kappa shape index (κ2) is 7.12. The molecule has 3 aromatic heterocycles. The van der Waals surface area contributed by atoms with E-state index < -0.39 is 0 Å². The molecule has 160 valence electrons. The summed E-state index contributed by atoms with van der Waals surface area (Å²) in [6.07, 6.45) is 3.72. The van der Waals surface area contributed by atoms with E-state index in [4.69, 9.17) is 10.1 Å². The van der Waals surface area contributed by atoms with Crippen LogP contribution in [0.3, 0.4) is 0 Å². The van der Waals surface area contributed by atoms with Gasteiger partial charge in [0.15, 0.2) is 5.82 Å². The molecule has 0 bridgehead atoms. The average Bonchev–Trinajstić information content (AvgIpc) is 3.50. The maximum atomic E-state index is 13.6. The molecule has 1 aliphatic rings. The highest BCUT2D eigenvalue weighted by Crippen LogP contribution is 2.35. The van der Waals surface area contributed by atoms with E-state index in [1.807, 2.05) is 36.7 Å². The number of aromatic amines is 1. The van der Waals surface area contributed by atoms with Crippen molar-refractivity contribution >= 4 is 10.9 Å². The van der Waals surface area contributed by atoms with Gasteiger partial charge in [-0.25, -0.2) is 23.7 Å². The van der Waals surface area contributed by atoms with Gasteiger partial charge in [0.25, 0.3) is 0 Å². The van der Waals surface area contributed by atoms with Gasteiger partial charge < -0.3 is 4.98 Å².